The Morgan fingerprint density at radius 2 is 2.00 bits per heavy atom. The second kappa shape index (κ2) is 7.79. The van der Waals surface area contributed by atoms with Crippen LogP contribution >= 0.6 is 11.6 Å². The second-order valence-corrected chi connectivity index (χ2v) is 6.91. The van der Waals surface area contributed by atoms with Crippen LogP contribution in [-0.2, 0) is 6.42 Å². The van der Waals surface area contributed by atoms with Crippen LogP contribution in [-0.4, -0.2) is 39.7 Å². The summed E-state index contributed by atoms with van der Waals surface area (Å²) in [6, 6.07) is 10.9. The minimum Gasteiger partial charge on any atom is -0.507 e. The Labute approximate surface area is 157 Å². The quantitative estimate of drug-likeness (QED) is 0.675. The molecule has 3 aromatic rings. The van der Waals surface area contributed by atoms with Crippen LogP contribution in [0.5, 0.6) is 5.75 Å². The SMILES string of the molecule is CCCCN(C)C(=O)c1cc2c(Cc3ccc(Cl)cc3)[nH]nc2cc1O. The molecule has 0 aliphatic carbocycles. The maximum absolute atomic E-state index is 12.7. The van der Waals surface area contributed by atoms with Gasteiger partial charge in [0, 0.05) is 42.2 Å². The summed E-state index contributed by atoms with van der Waals surface area (Å²) in [5.74, 6) is -0.230. The second-order valence-electron chi connectivity index (χ2n) is 6.47. The molecule has 0 saturated heterocycles. The molecule has 5 nitrogen and oxygen atoms in total. The number of nitrogens with one attached hydrogen (secondary N) is 1. The Kier molecular flexibility index (Phi) is 5.47. The van der Waals surface area contributed by atoms with E-state index >= 15 is 0 Å². The van der Waals surface area contributed by atoms with Crippen LogP contribution in [0, 0.1) is 0 Å². The number of hydrogen-bond donors (Lipinski definition) is 2. The smallest absolute Gasteiger partial charge is 0.257 e. The van der Waals surface area contributed by atoms with E-state index in [0.717, 1.165) is 29.5 Å². The summed E-state index contributed by atoms with van der Waals surface area (Å²) in [7, 11) is 1.76. The highest BCUT2D eigenvalue weighted by Gasteiger charge is 2.18. The van der Waals surface area contributed by atoms with Gasteiger partial charge in [-0.2, -0.15) is 5.10 Å². The molecule has 2 aromatic carbocycles. The van der Waals surface area contributed by atoms with Crippen molar-refractivity contribution < 1.29 is 9.90 Å². The third-order valence-corrected chi connectivity index (χ3v) is 4.72. The van der Waals surface area contributed by atoms with Gasteiger partial charge in [-0.3, -0.25) is 9.89 Å². The third kappa shape index (κ3) is 3.83. The first-order valence-electron chi connectivity index (χ1n) is 8.69. The molecule has 136 valence electrons. The van der Waals surface area contributed by atoms with E-state index in [1.54, 1.807) is 18.0 Å². The number of carbonyl (C=O) groups excluding carboxylic acids is 1. The molecule has 0 aliphatic heterocycles. The lowest BCUT2D eigenvalue weighted by Gasteiger charge is -2.17. The van der Waals surface area contributed by atoms with E-state index in [2.05, 4.69) is 17.1 Å². The van der Waals surface area contributed by atoms with Crippen LogP contribution in [0.1, 0.15) is 41.4 Å². The molecule has 3 rings (SSSR count). The lowest BCUT2D eigenvalue weighted by atomic mass is 10.0. The fraction of sp³-hybridized carbons (Fsp3) is 0.300. The summed E-state index contributed by atoms with van der Waals surface area (Å²) in [5.41, 5.74) is 2.92. The number of fused-ring (bicyclic) bond motifs is 1. The predicted octanol–water partition coefficient (Wildman–Crippen LogP) is 4.38. The zero-order valence-electron chi connectivity index (χ0n) is 14.9. The van der Waals surface area contributed by atoms with Crippen molar-refractivity contribution in [2.45, 2.75) is 26.2 Å². The van der Waals surface area contributed by atoms with Crippen molar-refractivity contribution in [1.82, 2.24) is 15.1 Å². The molecule has 26 heavy (non-hydrogen) atoms. The average molecular weight is 372 g/mol. The molecule has 0 saturated carbocycles. The Hall–Kier alpha value is -2.53. The molecule has 0 unspecified atom stereocenters. The molecule has 1 heterocycles. The van der Waals surface area contributed by atoms with Crippen molar-refractivity contribution in [3.05, 3.63) is 58.2 Å². The number of amides is 1. The van der Waals surface area contributed by atoms with Crippen molar-refractivity contribution in [3.63, 3.8) is 0 Å². The zero-order valence-corrected chi connectivity index (χ0v) is 15.7. The van der Waals surface area contributed by atoms with Gasteiger partial charge >= 0.3 is 0 Å². The van der Waals surface area contributed by atoms with E-state index in [9.17, 15) is 9.90 Å². The average Bonchev–Trinajstić information content (AvgIpc) is 3.01. The number of aromatic hydroxyl groups is 1. The van der Waals surface area contributed by atoms with Gasteiger partial charge < -0.3 is 10.0 Å². The first kappa shape index (κ1) is 18.3. The van der Waals surface area contributed by atoms with Gasteiger partial charge in [0.05, 0.1) is 11.1 Å². The highest BCUT2D eigenvalue weighted by molar-refractivity contribution is 6.30. The number of nitrogens with zero attached hydrogens (tertiary/aromatic N) is 2. The highest BCUT2D eigenvalue weighted by Crippen LogP contribution is 2.28. The van der Waals surface area contributed by atoms with E-state index in [0.29, 0.717) is 29.1 Å². The number of aromatic amines is 1. The van der Waals surface area contributed by atoms with Crippen LogP contribution in [0.2, 0.25) is 5.02 Å². The topological polar surface area (TPSA) is 69.2 Å². The van der Waals surface area contributed by atoms with Crippen molar-refractivity contribution in [2.75, 3.05) is 13.6 Å². The minimum atomic E-state index is -0.184. The van der Waals surface area contributed by atoms with Gasteiger partial charge in [-0.05, 0) is 30.2 Å². The number of hydrogen-bond acceptors (Lipinski definition) is 3. The largest absolute Gasteiger partial charge is 0.507 e. The molecular formula is C20H22ClN3O2. The molecule has 1 aromatic heterocycles. The molecular weight excluding hydrogens is 350 g/mol. The van der Waals surface area contributed by atoms with E-state index in [1.165, 1.54) is 6.07 Å². The number of phenols is 1. The van der Waals surface area contributed by atoms with Gasteiger partial charge in [0.2, 0.25) is 0 Å². The molecule has 6 heteroatoms. The van der Waals surface area contributed by atoms with Crippen LogP contribution in [0.3, 0.4) is 0 Å². The number of carbonyl (C=O) groups is 1. The lowest BCUT2D eigenvalue weighted by molar-refractivity contribution is 0.0790. The molecule has 1 amide bonds. The van der Waals surface area contributed by atoms with Gasteiger partial charge in [0.25, 0.3) is 5.91 Å². The van der Waals surface area contributed by atoms with E-state index < -0.39 is 0 Å². The number of aromatic nitrogens is 2. The number of unbranched alkanes of at least 4 members (excludes halogenated alkanes) is 1. The van der Waals surface area contributed by atoms with Gasteiger partial charge in [0.15, 0.2) is 0 Å². The summed E-state index contributed by atoms with van der Waals surface area (Å²) >= 11 is 5.94. The van der Waals surface area contributed by atoms with E-state index in [-0.39, 0.29) is 11.7 Å². The normalized spacial score (nSPS) is 11.0. The lowest BCUT2D eigenvalue weighted by Crippen LogP contribution is -2.27. The summed E-state index contributed by atoms with van der Waals surface area (Å²) in [5, 5.41) is 19.1. The summed E-state index contributed by atoms with van der Waals surface area (Å²) < 4.78 is 0. The number of halogens is 1. The Balaban J connectivity index is 1.92. The monoisotopic (exact) mass is 371 g/mol. The van der Waals surface area contributed by atoms with Crippen molar-refractivity contribution in [2.24, 2.45) is 0 Å². The molecule has 0 radical (unpaired) electrons. The molecule has 0 aliphatic rings. The fourth-order valence-electron chi connectivity index (χ4n) is 2.91. The highest BCUT2D eigenvalue weighted by atomic mass is 35.5. The summed E-state index contributed by atoms with van der Waals surface area (Å²) in [6.45, 7) is 2.74. The number of H-pyrrole nitrogens is 1. The minimum absolute atomic E-state index is 0.0459. The Morgan fingerprint density at radius 1 is 1.27 bits per heavy atom. The van der Waals surface area contributed by atoms with Gasteiger partial charge in [-0.25, -0.2) is 0 Å². The first-order valence-corrected chi connectivity index (χ1v) is 9.07. The predicted molar refractivity (Wildman–Crippen MR) is 104 cm³/mol. The molecule has 0 spiro atoms. The standard InChI is InChI=1S/C20H22ClN3O2/c1-3-4-9-24(2)20(26)16-11-15-17(22-23-18(15)12-19(16)25)10-13-5-7-14(21)8-6-13/h5-8,11-12,25H,3-4,9-10H2,1-2H3,(H,22,23). The van der Waals surface area contributed by atoms with Crippen molar-refractivity contribution >= 4 is 28.4 Å². The number of phenolic OH excluding ortho intramolecular Hbond substituents is 1. The maximum Gasteiger partial charge on any atom is 0.257 e. The van der Waals surface area contributed by atoms with Crippen molar-refractivity contribution in [3.8, 4) is 5.75 Å². The Bertz CT molecular complexity index is 919. The van der Waals surface area contributed by atoms with Gasteiger partial charge in [-0.15, -0.1) is 0 Å². The molecule has 2 N–H and O–H groups in total. The van der Waals surface area contributed by atoms with Crippen molar-refractivity contribution in [1.29, 1.82) is 0 Å². The number of rotatable bonds is 6. The summed E-state index contributed by atoms with van der Waals surface area (Å²) in [6.07, 6.45) is 2.58. The van der Waals surface area contributed by atoms with Crippen LogP contribution in [0.4, 0.5) is 0 Å². The van der Waals surface area contributed by atoms with Crippen LogP contribution in [0.25, 0.3) is 10.9 Å². The molecule has 0 atom stereocenters. The van der Waals surface area contributed by atoms with Crippen LogP contribution < -0.4 is 0 Å². The van der Waals surface area contributed by atoms with E-state index in [1.807, 2.05) is 24.3 Å². The maximum atomic E-state index is 12.7. The first-order chi connectivity index (χ1) is 12.5. The molecule has 0 fully saturated rings. The summed E-state index contributed by atoms with van der Waals surface area (Å²) in [4.78, 5) is 14.3. The Morgan fingerprint density at radius 3 is 2.69 bits per heavy atom. The fourth-order valence-corrected chi connectivity index (χ4v) is 3.04. The number of benzene rings is 2. The van der Waals surface area contributed by atoms with Gasteiger partial charge in [0.1, 0.15) is 5.75 Å². The zero-order chi connectivity index (χ0) is 18.7. The van der Waals surface area contributed by atoms with Crippen LogP contribution in [0.15, 0.2) is 36.4 Å². The third-order valence-electron chi connectivity index (χ3n) is 4.47. The molecule has 0 bridgehead atoms. The van der Waals surface area contributed by atoms with E-state index in [4.69, 9.17) is 11.6 Å². The van der Waals surface area contributed by atoms with Gasteiger partial charge in [-0.1, -0.05) is 37.1 Å².